The molecule has 0 aliphatic rings. The number of hydrogen-bond donors (Lipinski definition) is 1. The average Bonchev–Trinajstić information content (AvgIpc) is 2.77. The number of nitrogens with one attached hydrogen (secondary N) is 1. The van der Waals surface area contributed by atoms with Crippen molar-refractivity contribution in [2.24, 2.45) is 0 Å². The second-order valence-corrected chi connectivity index (χ2v) is 7.02. The molecule has 0 aliphatic heterocycles. The zero-order valence-corrected chi connectivity index (χ0v) is 17.2. The minimum absolute atomic E-state index is 0.263. The maximum absolute atomic E-state index is 13.1. The summed E-state index contributed by atoms with van der Waals surface area (Å²) in [6, 6.07) is 20.1. The summed E-state index contributed by atoms with van der Waals surface area (Å²) in [5, 5.41) is 12.1. The number of carbonyl (C=O) groups excluding carboxylic acids is 1. The van der Waals surface area contributed by atoms with Crippen molar-refractivity contribution in [3.05, 3.63) is 100 Å². The van der Waals surface area contributed by atoms with E-state index in [9.17, 15) is 23.2 Å². The quantitative estimate of drug-likeness (QED) is 0.341. The Balaban J connectivity index is 1.71. The fourth-order valence-electron chi connectivity index (χ4n) is 2.78. The zero-order chi connectivity index (χ0) is 23.1. The lowest BCUT2D eigenvalue weighted by atomic mass is 10.1. The van der Waals surface area contributed by atoms with Gasteiger partial charge in [0.05, 0.1) is 11.3 Å². The molecule has 3 aromatic carbocycles. The maximum Gasteiger partial charge on any atom is 0.418 e. The van der Waals surface area contributed by atoms with Crippen LogP contribution in [0.1, 0.15) is 16.7 Å². The van der Waals surface area contributed by atoms with Crippen LogP contribution < -0.4 is 10.1 Å². The van der Waals surface area contributed by atoms with Crippen LogP contribution in [-0.2, 0) is 17.6 Å². The summed E-state index contributed by atoms with van der Waals surface area (Å²) in [5.41, 5.74) is -0.432. The molecule has 0 aliphatic carbocycles. The van der Waals surface area contributed by atoms with Crippen LogP contribution >= 0.6 is 11.6 Å². The Labute approximate surface area is 187 Å². The molecule has 1 N–H and O–H groups in total. The Morgan fingerprint density at radius 2 is 1.69 bits per heavy atom. The number of anilines is 1. The highest BCUT2D eigenvalue weighted by atomic mass is 35.5. The summed E-state index contributed by atoms with van der Waals surface area (Å²) in [7, 11) is 0. The second-order valence-electron chi connectivity index (χ2n) is 6.62. The highest BCUT2D eigenvalue weighted by molar-refractivity contribution is 6.31. The molecule has 0 bridgehead atoms. The van der Waals surface area contributed by atoms with E-state index in [0.29, 0.717) is 16.3 Å². The minimum atomic E-state index is -4.64. The monoisotopic (exact) mass is 456 g/mol. The summed E-state index contributed by atoms with van der Waals surface area (Å²) in [5.74, 6) is -0.396. The Bertz CT molecular complexity index is 1180. The van der Waals surface area contributed by atoms with Crippen molar-refractivity contribution < 1.29 is 22.7 Å². The highest BCUT2D eigenvalue weighted by Crippen LogP contribution is 2.34. The molecule has 0 aromatic heterocycles. The first-order valence-corrected chi connectivity index (χ1v) is 9.71. The molecule has 3 rings (SSSR count). The van der Waals surface area contributed by atoms with Gasteiger partial charge in [0.2, 0.25) is 0 Å². The summed E-state index contributed by atoms with van der Waals surface area (Å²) in [6.07, 6.45) is -3.36. The van der Waals surface area contributed by atoms with E-state index in [2.05, 4.69) is 5.32 Å². The summed E-state index contributed by atoms with van der Waals surface area (Å²) < 4.78 is 45.0. The van der Waals surface area contributed by atoms with Gasteiger partial charge in [0.25, 0.3) is 5.91 Å². The molecule has 0 spiro atoms. The third-order valence-corrected chi connectivity index (χ3v) is 4.76. The summed E-state index contributed by atoms with van der Waals surface area (Å²) in [6.45, 7) is 0.263. The number of alkyl halides is 3. The van der Waals surface area contributed by atoms with Crippen molar-refractivity contribution >= 4 is 29.3 Å². The van der Waals surface area contributed by atoms with Gasteiger partial charge in [-0.1, -0.05) is 54.1 Å². The van der Waals surface area contributed by atoms with Crippen molar-refractivity contribution in [1.29, 1.82) is 5.26 Å². The molecular weight excluding hydrogens is 441 g/mol. The van der Waals surface area contributed by atoms with Gasteiger partial charge in [0.1, 0.15) is 24.0 Å². The summed E-state index contributed by atoms with van der Waals surface area (Å²) >= 11 is 6.09. The largest absolute Gasteiger partial charge is 0.489 e. The van der Waals surface area contributed by atoms with E-state index in [1.165, 1.54) is 18.2 Å². The number of nitrogens with zero attached hydrogens (tertiary/aromatic N) is 1. The van der Waals surface area contributed by atoms with Crippen LogP contribution in [0.15, 0.2) is 78.4 Å². The topological polar surface area (TPSA) is 62.1 Å². The first-order chi connectivity index (χ1) is 15.3. The molecule has 0 heterocycles. The van der Waals surface area contributed by atoms with Crippen LogP contribution in [0.5, 0.6) is 5.75 Å². The highest BCUT2D eigenvalue weighted by Gasteiger charge is 2.33. The van der Waals surface area contributed by atoms with Crippen LogP contribution in [0.25, 0.3) is 6.08 Å². The molecule has 0 unspecified atom stereocenters. The molecule has 0 saturated carbocycles. The molecule has 1 amide bonds. The number of carbonyl (C=O) groups is 1. The normalized spacial score (nSPS) is 11.5. The van der Waals surface area contributed by atoms with E-state index in [4.69, 9.17) is 16.3 Å². The molecule has 0 fully saturated rings. The van der Waals surface area contributed by atoms with Crippen LogP contribution in [0, 0.1) is 11.3 Å². The van der Waals surface area contributed by atoms with Crippen LogP contribution in [0.4, 0.5) is 18.9 Å². The number of hydrogen-bond acceptors (Lipinski definition) is 3. The number of para-hydroxylation sites is 1. The Morgan fingerprint density at radius 3 is 2.34 bits per heavy atom. The third-order valence-electron chi connectivity index (χ3n) is 4.39. The van der Waals surface area contributed by atoms with Gasteiger partial charge in [-0.15, -0.1) is 0 Å². The fourth-order valence-corrected chi connectivity index (χ4v) is 2.97. The maximum atomic E-state index is 13.1. The Morgan fingerprint density at radius 1 is 1.03 bits per heavy atom. The average molecular weight is 457 g/mol. The van der Waals surface area contributed by atoms with Crippen LogP contribution in [0.2, 0.25) is 5.02 Å². The van der Waals surface area contributed by atoms with Gasteiger partial charge >= 0.3 is 6.18 Å². The molecular formula is C24H16ClF3N2O2. The van der Waals surface area contributed by atoms with Gasteiger partial charge in [0, 0.05) is 10.6 Å². The van der Waals surface area contributed by atoms with Crippen molar-refractivity contribution in [3.8, 4) is 11.8 Å². The molecule has 0 saturated heterocycles. The van der Waals surface area contributed by atoms with Gasteiger partial charge in [0.15, 0.2) is 0 Å². The molecule has 0 atom stereocenters. The van der Waals surface area contributed by atoms with Gasteiger partial charge in [-0.05, 0) is 42.0 Å². The SMILES string of the molecule is N#CC(=Cc1ccc(OCc2ccccc2Cl)cc1)C(=O)Nc1ccccc1C(F)(F)F. The van der Waals surface area contributed by atoms with E-state index >= 15 is 0 Å². The van der Waals surface area contributed by atoms with E-state index in [-0.39, 0.29) is 12.2 Å². The molecule has 8 heteroatoms. The molecule has 0 radical (unpaired) electrons. The number of amides is 1. The second kappa shape index (κ2) is 10.0. The van der Waals surface area contributed by atoms with Gasteiger partial charge in [-0.2, -0.15) is 18.4 Å². The van der Waals surface area contributed by atoms with Crippen molar-refractivity contribution in [2.75, 3.05) is 5.32 Å². The smallest absolute Gasteiger partial charge is 0.418 e. The lowest BCUT2D eigenvalue weighted by Crippen LogP contribution is -2.17. The van der Waals surface area contributed by atoms with E-state index in [1.807, 2.05) is 18.2 Å². The van der Waals surface area contributed by atoms with Gasteiger partial charge in [-0.3, -0.25) is 4.79 Å². The van der Waals surface area contributed by atoms with E-state index in [1.54, 1.807) is 36.4 Å². The number of rotatable bonds is 6. The Hall–Kier alpha value is -3.76. The van der Waals surface area contributed by atoms with Crippen molar-refractivity contribution in [1.82, 2.24) is 0 Å². The Kier molecular flexibility index (Phi) is 7.18. The molecule has 32 heavy (non-hydrogen) atoms. The minimum Gasteiger partial charge on any atom is -0.489 e. The van der Waals surface area contributed by atoms with Crippen LogP contribution in [-0.4, -0.2) is 5.91 Å². The lowest BCUT2D eigenvalue weighted by molar-refractivity contribution is -0.137. The number of halogens is 4. The summed E-state index contributed by atoms with van der Waals surface area (Å²) in [4.78, 5) is 12.4. The van der Waals surface area contributed by atoms with Gasteiger partial charge < -0.3 is 10.1 Å². The lowest BCUT2D eigenvalue weighted by Gasteiger charge is -2.13. The molecule has 4 nitrogen and oxygen atoms in total. The van der Waals surface area contributed by atoms with E-state index < -0.39 is 23.3 Å². The van der Waals surface area contributed by atoms with Crippen molar-refractivity contribution in [3.63, 3.8) is 0 Å². The molecule has 3 aromatic rings. The molecule has 162 valence electrons. The third kappa shape index (κ3) is 5.90. The van der Waals surface area contributed by atoms with Gasteiger partial charge in [-0.25, -0.2) is 0 Å². The van der Waals surface area contributed by atoms with Crippen LogP contribution in [0.3, 0.4) is 0 Å². The predicted molar refractivity (Wildman–Crippen MR) is 116 cm³/mol. The fraction of sp³-hybridized carbons (Fsp3) is 0.0833. The predicted octanol–water partition coefficient (Wildman–Crippen LogP) is 6.48. The first-order valence-electron chi connectivity index (χ1n) is 9.33. The standard InChI is InChI=1S/C24H16ClF3N2O2/c25-21-7-3-1-5-17(21)15-32-19-11-9-16(10-12-19)13-18(14-29)23(31)30-22-8-4-2-6-20(22)24(26,27)28/h1-13H,15H2,(H,30,31). The van der Waals surface area contributed by atoms with Crippen molar-refractivity contribution in [2.45, 2.75) is 12.8 Å². The number of ether oxygens (including phenoxy) is 1. The zero-order valence-electron chi connectivity index (χ0n) is 16.5. The number of nitriles is 1. The van der Waals surface area contributed by atoms with E-state index in [0.717, 1.165) is 17.7 Å². The first kappa shape index (κ1) is 22.9. The number of benzene rings is 3.